The molecular weight excluding hydrogens is 261 g/mol. The Hall–Kier alpha value is 0.260. The number of hydrogen-bond donors (Lipinski definition) is 0. The minimum absolute atomic E-state index is 1.96. The van der Waals surface area contributed by atoms with E-state index >= 15 is 0 Å². The predicted molar refractivity (Wildman–Crippen MR) is 38.3 cm³/mol. The highest BCUT2D eigenvalue weighted by Gasteiger charge is 2.78. The van der Waals surface area contributed by atoms with Crippen molar-refractivity contribution in [2.45, 2.75) is 16.2 Å². The van der Waals surface area contributed by atoms with E-state index < -0.39 is 27.0 Å². The topological polar surface area (TPSA) is 0 Å². The third-order valence-corrected chi connectivity index (χ3v) is 2.74. The molecule has 0 aromatic carbocycles. The second-order valence-corrected chi connectivity index (χ2v) is 4.06. The molecule has 0 aliphatic heterocycles. The molecule has 0 saturated carbocycles. The summed E-state index contributed by atoms with van der Waals surface area (Å²) in [6, 6.07) is 0. The van der Waals surface area contributed by atoms with E-state index in [4.69, 9.17) is 23.2 Å². The minimum atomic E-state index is -4.95. The number of allylic oxidation sites excluding steroid dienone is 2. The van der Waals surface area contributed by atoms with E-state index in [0.29, 0.717) is 0 Å². The minimum Gasteiger partial charge on any atom is -0.207 e. The third-order valence-electron chi connectivity index (χ3n) is 1.53. The molecule has 1 aliphatic rings. The Bertz CT molecular complexity index is 256. The highest BCUT2D eigenvalue weighted by molar-refractivity contribution is 6.52. The van der Waals surface area contributed by atoms with Gasteiger partial charge in [0.1, 0.15) is 5.03 Å². The Morgan fingerprint density at radius 3 is 1.46 bits per heavy atom. The van der Waals surface area contributed by atoms with Gasteiger partial charge in [-0.25, -0.2) is 4.39 Å². The predicted octanol–water partition coefficient (Wildman–Crippen LogP) is 3.86. The third kappa shape index (κ3) is 1.10. The summed E-state index contributed by atoms with van der Waals surface area (Å²) in [4.78, 5) is 0. The largest absolute Gasteiger partial charge is 0.354 e. The van der Waals surface area contributed by atoms with Gasteiger partial charge in [0.25, 0.3) is 0 Å². The highest BCUT2D eigenvalue weighted by Crippen LogP contribution is 2.62. The van der Waals surface area contributed by atoms with Crippen molar-refractivity contribution in [2.24, 2.45) is 0 Å². The van der Waals surface area contributed by atoms with E-state index in [9.17, 15) is 22.0 Å². The molecule has 1 aliphatic carbocycles. The van der Waals surface area contributed by atoms with Crippen LogP contribution < -0.4 is 0 Å². The summed E-state index contributed by atoms with van der Waals surface area (Å²) >= 11 is 14.0. The second-order valence-electron chi connectivity index (χ2n) is 2.35. The first-order chi connectivity index (χ1) is 5.57. The van der Waals surface area contributed by atoms with Gasteiger partial charge in [-0.2, -0.15) is 17.6 Å². The van der Waals surface area contributed by atoms with Crippen molar-refractivity contribution in [1.29, 1.82) is 0 Å². The summed E-state index contributed by atoms with van der Waals surface area (Å²) in [5.74, 6) is -11.9. The monoisotopic (exact) mass is 260 g/mol. The van der Waals surface area contributed by atoms with Crippen LogP contribution in [0.15, 0.2) is 10.9 Å². The van der Waals surface area contributed by atoms with Crippen LogP contribution in [0.2, 0.25) is 0 Å². The lowest BCUT2D eigenvalue weighted by molar-refractivity contribution is -0.174. The lowest BCUT2D eigenvalue weighted by Gasteiger charge is -2.25. The highest BCUT2D eigenvalue weighted by atomic mass is 35.5. The normalized spacial score (nSPS) is 29.5. The molecule has 0 aromatic rings. The van der Waals surface area contributed by atoms with Crippen LogP contribution in [0.3, 0.4) is 0 Å². The number of hydrogen-bond acceptors (Lipinski definition) is 0. The number of halogens is 8. The molecule has 0 saturated heterocycles. The fraction of sp³-hybridized carbons (Fsp3) is 0.600. The van der Waals surface area contributed by atoms with Crippen LogP contribution >= 0.6 is 34.8 Å². The van der Waals surface area contributed by atoms with Crippen molar-refractivity contribution in [3.63, 3.8) is 0 Å². The molecule has 8 heteroatoms. The van der Waals surface area contributed by atoms with Gasteiger partial charge in [-0.05, 0) is 0 Å². The van der Waals surface area contributed by atoms with Crippen molar-refractivity contribution >= 4 is 34.8 Å². The van der Waals surface area contributed by atoms with E-state index in [-0.39, 0.29) is 0 Å². The Balaban J connectivity index is 3.39. The van der Waals surface area contributed by atoms with E-state index in [2.05, 4.69) is 11.6 Å². The zero-order valence-corrected chi connectivity index (χ0v) is 7.79. The quantitative estimate of drug-likeness (QED) is 0.459. The zero-order chi connectivity index (χ0) is 10.7. The average Bonchev–Trinajstić information content (AvgIpc) is 2.05. The summed E-state index contributed by atoms with van der Waals surface area (Å²) < 4.78 is 59.3. The molecule has 13 heavy (non-hydrogen) atoms. The maximum Gasteiger partial charge on any atom is 0.354 e. The van der Waals surface area contributed by atoms with E-state index in [1.54, 1.807) is 0 Å². The first-order valence-electron chi connectivity index (χ1n) is 2.76. The molecule has 0 unspecified atom stereocenters. The molecule has 0 N–H and O–H groups in total. The summed E-state index contributed by atoms with van der Waals surface area (Å²) in [5.41, 5.74) is 0. The van der Waals surface area contributed by atoms with Crippen LogP contribution in [0, 0.1) is 0 Å². The van der Waals surface area contributed by atoms with Gasteiger partial charge in [0.2, 0.25) is 4.33 Å². The number of alkyl halides is 6. The molecule has 0 bridgehead atoms. The summed E-state index contributed by atoms with van der Waals surface area (Å²) in [5, 5.41) is -1.96. The van der Waals surface area contributed by atoms with Crippen molar-refractivity contribution < 1.29 is 22.0 Å². The van der Waals surface area contributed by atoms with Gasteiger partial charge in [0.15, 0.2) is 5.83 Å². The Kier molecular flexibility index (Phi) is 2.30. The summed E-state index contributed by atoms with van der Waals surface area (Å²) in [6.07, 6.45) is 0. The maximum absolute atomic E-state index is 12.6. The summed E-state index contributed by atoms with van der Waals surface area (Å²) in [7, 11) is 0. The van der Waals surface area contributed by atoms with Gasteiger partial charge in [-0.1, -0.05) is 34.8 Å². The van der Waals surface area contributed by atoms with Crippen LogP contribution in [0.4, 0.5) is 22.0 Å². The SMILES string of the molecule is FC1=C(Cl)C(F)(F)C(F)(F)C1(Cl)Cl. The van der Waals surface area contributed by atoms with E-state index in [0.717, 1.165) is 0 Å². The van der Waals surface area contributed by atoms with Crippen LogP contribution in [-0.4, -0.2) is 16.2 Å². The first kappa shape index (κ1) is 11.3. The molecule has 0 radical (unpaired) electrons. The zero-order valence-electron chi connectivity index (χ0n) is 5.52. The Morgan fingerprint density at radius 2 is 1.38 bits per heavy atom. The molecule has 0 nitrogen and oxygen atoms in total. The lowest BCUT2D eigenvalue weighted by atomic mass is 10.2. The van der Waals surface area contributed by atoms with Crippen molar-refractivity contribution in [1.82, 2.24) is 0 Å². The first-order valence-corrected chi connectivity index (χ1v) is 3.90. The van der Waals surface area contributed by atoms with Gasteiger partial charge in [-0.15, -0.1) is 0 Å². The fourth-order valence-corrected chi connectivity index (χ4v) is 1.53. The smallest absolute Gasteiger partial charge is 0.207 e. The molecule has 1 rings (SSSR count). The second kappa shape index (κ2) is 2.64. The molecule has 0 atom stereocenters. The standard InChI is InChI=1S/C5Cl3F5/c6-1-2(9)3(7,8)5(12,13)4(1,10)11. The van der Waals surface area contributed by atoms with Crippen molar-refractivity contribution in [3.8, 4) is 0 Å². The van der Waals surface area contributed by atoms with Crippen LogP contribution in [0.5, 0.6) is 0 Å². The molecule has 76 valence electrons. The molecule has 0 spiro atoms. The summed E-state index contributed by atoms with van der Waals surface area (Å²) in [6.45, 7) is 0. The van der Waals surface area contributed by atoms with Gasteiger partial charge >= 0.3 is 11.8 Å². The van der Waals surface area contributed by atoms with E-state index in [1.807, 2.05) is 0 Å². The fourth-order valence-electron chi connectivity index (χ4n) is 0.749. The molecule has 0 amide bonds. The van der Waals surface area contributed by atoms with Crippen molar-refractivity contribution in [3.05, 3.63) is 10.9 Å². The Labute approximate surface area is 84.2 Å². The molecule has 0 heterocycles. The van der Waals surface area contributed by atoms with Crippen LogP contribution in [-0.2, 0) is 0 Å². The van der Waals surface area contributed by atoms with Gasteiger partial charge < -0.3 is 0 Å². The molecule has 0 aromatic heterocycles. The number of rotatable bonds is 0. The Morgan fingerprint density at radius 1 is 1.00 bits per heavy atom. The average molecular weight is 261 g/mol. The van der Waals surface area contributed by atoms with Crippen molar-refractivity contribution in [2.75, 3.05) is 0 Å². The maximum atomic E-state index is 12.6. The van der Waals surface area contributed by atoms with Gasteiger partial charge in [0, 0.05) is 0 Å². The van der Waals surface area contributed by atoms with Gasteiger partial charge in [0.05, 0.1) is 0 Å². The van der Waals surface area contributed by atoms with Gasteiger partial charge in [-0.3, -0.25) is 0 Å². The van der Waals surface area contributed by atoms with Crippen LogP contribution in [0.1, 0.15) is 0 Å². The van der Waals surface area contributed by atoms with E-state index in [1.165, 1.54) is 0 Å². The lowest BCUT2D eigenvalue weighted by Crippen LogP contribution is -2.47. The van der Waals surface area contributed by atoms with Crippen LogP contribution in [0.25, 0.3) is 0 Å². The molecular formula is C5Cl3F5. The molecule has 0 fully saturated rings.